The van der Waals surface area contributed by atoms with Crippen molar-refractivity contribution in [2.75, 3.05) is 6.23 Å². The van der Waals surface area contributed by atoms with Crippen LogP contribution in [0.2, 0.25) is 6.04 Å². The second-order valence-electron chi connectivity index (χ2n) is 2.11. The van der Waals surface area contributed by atoms with Crippen molar-refractivity contribution in [3.05, 3.63) is 12.3 Å². The maximum atomic E-state index is 5.31. The van der Waals surface area contributed by atoms with Gasteiger partial charge in [-0.3, -0.25) is 5.10 Å². The minimum absolute atomic E-state index is 0.0233. The van der Waals surface area contributed by atoms with Gasteiger partial charge in [0.2, 0.25) is 5.88 Å². The van der Waals surface area contributed by atoms with Gasteiger partial charge in [-0.2, -0.15) is 0 Å². The number of nitrogens with one attached hydrogen (secondary N) is 1. The van der Waals surface area contributed by atoms with Gasteiger partial charge in [-0.25, -0.2) is 0 Å². The minimum atomic E-state index is 0.0233. The molecule has 0 spiro atoms. The summed E-state index contributed by atoms with van der Waals surface area (Å²) in [6.45, 7) is 2.19. The van der Waals surface area contributed by atoms with Crippen LogP contribution in [-0.2, 0) is 0 Å². The first-order valence-electron chi connectivity index (χ1n) is 3.56. The number of rotatable bonds is 4. The van der Waals surface area contributed by atoms with Crippen molar-refractivity contribution >= 4 is 9.52 Å². The zero-order chi connectivity index (χ0) is 7.23. The third kappa shape index (κ3) is 2.22. The summed E-state index contributed by atoms with van der Waals surface area (Å²) < 4.78 is 5.31. The van der Waals surface area contributed by atoms with Crippen molar-refractivity contribution in [1.82, 2.24) is 10.2 Å². The van der Waals surface area contributed by atoms with E-state index in [1.54, 1.807) is 6.20 Å². The highest BCUT2D eigenvalue weighted by Gasteiger charge is 1.91. The Morgan fingerprint density at radius 2 is 2.70 bits per heavy atom. The molecule has 0 fully saturated rings. The van der Waals surface area contributed by atoms with Gasteiger partial charge in [-0.1, -0.05) is 13.0 Å². The summed E-state index contributed by atoms with van der Waals surface area (Å²) in [7, 11) is 0.0233. The van der Waals surface area contributed by atoms with E-state index < -0.39 is 0 Å². The van der Waals surface area contributed by atoms with Crippen LogP contribution in [0.1, 0.15) is 6.92 Å². The third-order valence-corrected chi connectivity index (χ3v) is 2.42. The number of nitrogens with zero attached hydrogens (tertiary/aromatic N) is 1. The molecule has 0 saturated carbocycles. The highest BCUT2D eigenvalue weighted by Crippen LogP contribution is 2.00. The molecule has 4 heteroatoms. The van der Waals surface area contributed by atoms with E-state index in [1.165, 1.54) is 6.04 Å². The lowest BCUT2D eigenvalue weighted by molar-refractivity contribution is 0.368. The monoisotopic (exact) mass is 156 g/mol. The topological polar surface area (TPSA) is 37.9 Å². The lowest BCUT2D eigenvalue weighted by atomic mass is 10.7. The molecule has 0 aliphatic heterocycles. The van der Waals surface area contributed by atoms with Crippen LogP contribution < -0.4 is 4.74 Å². The van der Waals surface area contributed by atoms with E-state index in [2.05, 4.69) is 17.1 Å². The molecule has 0 atom stereocenters. The lowest BCUT2D eigenvalue weighted by Crippen LogP contribution is -2.04. The second kappa shape index (κ2) is 4.11. The Hall–Kier alpha value is -0.773. The Kier molecular flexibility index (Phi) is 3.01. The van der Waals surface area contributed by atoms with Crippen LogP contribution >= 0.6 is 0 Å². The summed E-state index contributed by atoms with van der Waals surface area (Å²) >= 11 is 0. The molecular weight excluding hydrogens is 144 g/mol. The molecule has 0 radical (unpaired) electrons. The fourth-order valence-electron chi connectivity index (χ4n) is 0.648. The molecule has 0 aliphatic rings. The first kappa shape index (κ1) is 7.34. The van der Waals surface area contributed by atoms with Crippen molar-refractivity contribution in [3.63, 3.8) is 0 Å². The summed E-state index contributed by atoms with van der Waals surface area (Å²) in [4.78, 5) is 0. The van der Waals surface area contributed by atoms with E-state index in [9.17, 15) is 0 Å². The summed E-state index contributed by atoms with van der Waals surface area (Å²) in [5.74, 6) is 0.723. The summed E-state index contributed by atoms with van der Waals surface area (Å²) in [6.07, 6.45) is 2.67. The fraction of sp³-hybridized carbons (Fsp3) is 0.500. The fourth-order valence-corrected chi connectivity index (χ4v) is 1.29. The smallest absolute Gasteiger partial charge is 0.232 e. The highest BCUT2D eigenvalue weighted by atomic mass is 28.2. The predicted octanol–water partition coefficient (Wildman–Crippen LogP) is 0.353. The second-order valence-corrected chi connectivity index (χ2v) is 4.23. The molecular formula is C6H12N2OSi. The van der Waals surface area contributed by atoms with Gasteiger partial charge in [-0.05, 0) is 0 Å². The highest BCUT2D eigenvalue weighted by molar-refractivity contribution is 6.35. The average molecular weight is 156 g/mol. The average Bonchev–Trinajstić information content (AvgIpc) is 2.41. The number of aromatic amines is 1. The molecule has 56 valence electrons. The van der Waals surface area contributed by atoms with Crippen LogP contribution in [0.25, 0.3) is 0 Å². The molecule has 1 rings (SSSR count). The van der Waals surface area contributed by atoms with Crippen molar-refractivity contribution in [2.24, 2.45) is 0 Å². The summed E-state index contributed by atoms with van der Waals surface area (Å²) in [6, 6.07) is 3.13. The first-order valence-corrected chi connectivity index (χ1v) is 5.56. The molecule has 0 aliphatic carbocycles. The molecule has 0 amide bonds. The summed E-state index contributed by atoms with van der Waals surface area (Å²) in [5, 5.41) is 6.56. The Balaban J connectivity index is 2.15. The number of hydrogen-bond acceptors (Lipinski definition) is 2. The zero-order valence-corrected chi connectivity index (χ0v) is 7.55. The molecule has 1 aromatic heterocycles. The Morgan fingerprint density at radius 1 is 1.80 bits per heavy atom. The van der Waals surface area contributed by atoms with E-state index in [4.69, 9.17) is 4.74 Å². The maximum absolute atomic E-state index is 5.31. The molecule has 0 unspecified atom stereocenters. The maximum Gasteiger partial charge on any atom is 0.232 e. The largest absolute Gasteiger partial charge is 0.481 e. The number of hydrogen-bond donors (Lipinski definition) is 1. The molecule has 0 saturated heterocycles. The molecule has 0 aromatic carbocycles. The Morgan fingerprint density at radius 3 is 3.30 bits per heavy atom. The third-order valence-electron chi connectivity index (χ3n) is 1.22. The van der Waals surface area contributed by atoms with Crippen LogP contribution in [0.5, 0.6) is 5.88 Å². The normalized spacial score (nSPS) is 10.9. The van der Waals surface area contributed by atoms with Crippen LogP contribution in [0.4, 0.5) is 0 Å². The van der Waals surface area contributed by atoms with Crippen molar-refractivity contribution in [3.8, 4) is 5.88 Å². The molecule has 1 heterocycles. The minimum Gasteiger partial charge on any atom is -0.481 e. The molecule has 1 N–H and O–H groups in total. The Bertz CT molecular complexity index is 164. The van der Waals surface area contributed by atoms with E-state index in [0.717, 1.165) is 12.1 Å². The predicted molar refractivity (Wildman–Crippen MR) is 43.1 cm³/mol. The van der Waals surface area contributed by atoms with Gasteiger partial charge in [0.25, 0.3) is 0 Å². The van der Waals surface area contributed by atoms with Gasteiger partial charge < -0.3 is 4.74 Å². The standard InChI is InChI=1S/C6H12N2OSi/c1-2-10-5-9-6-3-4-7-8-6/h3-4H,2,5,10H2,1H3,(H,7,8). The van der Waals surface area contributed by atoms with Gasteiger partial charge in [0.1, 0.15) is 0 Å². The van der Waals surface area contributed by atoms with E-state index in [1.807, 2.05) is 6.07 Å². The molecule has 0 bridgehead atoms. The van der Waals surface area contributed by atoms with Gasteiger partial charge in [0, 0.05) is 12.3 Å². The number of ether oxygens (including phenoxy) is 1. The first-order chi connectivity index (χ1) is 4.93. The van der Waals surface area contributed by atoms with Crippen LogP contribution in [-0.4, -0.2) is 25.9 Å². The van der Waals surface area contributed by atoms with Crippen molar-refractivity contribution in [2.45, 2.75) is 13.0 Å². The van der Waals surface area contributed by atoms with Crippen molar-refractivity contribution in [1.29, 1.82) is 0 Å². The van der Waals surface area contributed by atoms with Gasteiger partial charge in [-0.15, -0.1) is 5.10 Å². The number of aromatic nitrogens is 2. The quantitative estimate of drug-likeness (QED) is 0.504. The molecule has 10 heavy (non-hydrogen) atoms. The van der Waals surface area contributed by atoms with Crippen LogP contribution in [0, 0.1) is 0 Å². The summed E-state index contributed by atoms with van der Waals surface area (Å²) in [5.41, 5.74) is 0. The van der Waals surface area contributed by atoms with Crippen molar-refractivity contribution < 1.29 is 4.74 Å². The zero-order valence-electron chi connectivity index (χ0n) is 6.13. The Labute approximate surface area is 62.6 Å². The number of H-pyrrole nitrogens is 1. The molecule has 1 aromatic rings. The SMILES string of the molecule is CC[SiH2]COc1cc[nH]n1. The lowest BCUT2D eigenvalue weighted by Gasteiger charge is -1.97. The van der Waals surface area contributed by atoms with E-state index >= 15 is 0 Å². The molecule has 3 nitrogen and oxygen atoms in total. The van der Waals surface area contributed by atoms with E-state index in [0.29, 0.717) is 0 Å². The van der Waals surface area contributed by atoms with Gasteiger partial charge in [0.15, 0.2) is 0 Å². The van der Waals surface area contributed by atoms with Crippen LogP contribution in [0.3, 0.4) is 0 Å². The van der Waals surface area contributed by atoms with Gasteiger partial charge >= 0.3 is 0 Å². The van der Waals surface area contributed by atoms with E-state index in [-0.39, 0.29) is 9.52 Å². The van der Waals surface area contributed by atoms with Crippen LogP contribution in [0.15, 0.2) is 12.3 Å². The van der Waals surface area contributed by atoms with Gasteiger partial charge in [0.05, 0.1) is 15.7 Å².